The molecule has 1 aromatic carbocycles. The Hall–Kier alpha value is -2.85. The van der Waals surface area contributed by atoms with Crippen molar-refractivity contribution >= 4 is 16.8 Å². The number of benzene rings is 1. The van der Waals surface area contributed by atoms with Crippen molar-refractivity contribution in [2.24, 2.45) is 11.8 Å². The number of rotatable bonds is 11. The Bertz CT molecular complexity index is 1160. The summed E-state index contributed by atoms with van der Waals surface area (Å²) < 4.78 is 17.9. The van der Waals surface area contributed by atoms with Crippen LogP contribution in [0.4, 0.5) is 0 Å². The number of carbonyl (C=O) groups excluding carboxylic acids is 1. The van der Waals surface area contributed by atoms with E-state index in [4.69, 9.17) is 14.2 Å². The Balaban J connectivity index is 1.32. The molecular formula is C27H40N4O6. The lowest BCUT2D eigenvalue weighted by atomic mass is 9.81. The van der Waals surface area contributed by atoms with Gasteiger partial charge in [0.2, 0.25) is 5.91 Å². The smallest absolute Gasteiger partial charge is 0.328 e. The van der Waals surface area contributed by atoms with Crippen LogP contribution in [0.25, 0.3) is 10.9 Å². The minimum absolute atomic E-state index is 0.00279. The van der Waals surface area contributed by atoms with Gasteiger partial charge in [0, 0.05) is 38.2 Å². The summed E-state index contributed by atoms with van der Waals surface area (Å²) in [7, 11) is 0. The minimum atomic E-state index is -0.427. The fourth-order valence-electron chi connectivity index (χ4n) is 5.31. The van der Waals surface area contributed by atoms with Crippen LogP contribution < -0.4 is 26.0 Å². The summed E-state index contributed by atoms with van der Waals surface area (Å²) in [5.74, 6) is 1.29. The van der Waals surface area contributed by atoms with Gasteiger partial charge in [0.05, 0.1) is 37.3 Å². The van der Waals surface area contributed by atoms with Crippen LogP contribution in [0.15, 0.2) is 21.7 Å². The zero-order valence-corrected chi connectivity index (χ0v) is 22.1. The number of hydrogen-bond donors (Lipinski definition) is 2. The van der Waals surface area contributed by atoms with Crippen molar-refractivity contribution in [1.82, 2.24) is 19.8 Å². The maximum Gasteiger partial charge on any atom is 0.328 e. The van der Waals surface area contributed by atoms with Gasteiger partial charge in [0.15, 0.2) is 11.5 Å². The first kappa shape index (κ1) is 27.2. The molecule has 1 aliphatic carbocycles. The predicted molar refractivity (Wildman–Crippen MR) is 142 cm³/mol. The Labute approximate surface area is 217 Å². The molecule has 1 saturated heterocycles. The van der Waals surface area contributed by atoms with Gasteiger partial charge >= 0.3 is 5.69 Å². The molecule has 2 fully saturated rings. The van der Waals surface area contributed by atoms with Crippen molar-refractivity contribution in [3.05, 3.63) is 33.0 Å². The van der Waals surface area contributed by atoms with Crippen LogP contribution in [0.1, 0.15) is 46.0 Å². The van der Waals surface area contributed by atoms with Crippen LogP contribution in [-0.4, -0.2) is 73.0 Å². The van der Waals surface area contributed by atoms with Crippen LogP contribution in [0.3, 0.4) is 0 Å². The molecule has 1 amide bonds. The highest BCUT2D eigenvalue weighted by molar-refractivity contribution is 5.81. The van der Waals surface area contributed by atoms with Gasteiger partial charge in [0.1, 0.15) is 0 Å². The van der Waals surface area contributed by atoms with Crippen LogP contribution in [0.2, 0.25) is 0 Å². The second kappa shape index (κ2) is 13.1. The number of morpholine rings is 1. The number of nitrogens with one attached hydrogen (secondary N) is 2. The van der Waals surface area contributed by atoms with Crippen molar-refractivity contribution in [2.75, 3.05) is 52.6 Å². The molecule has 2 N–H and O–H groups in total. The van der Waals surface area contributed by atoms with E-state index in [1.807, 2.05) is 13.8 Å². The van der Waals surface area contributed by atoms with E-state index < -0.39 is 5.69 Å². The lowest BCUT2D eigenvalue weighted by Gasteiger charge is -2.28. The van der Waals surface area contributed by atoms with Gasteiger partial charge in [-0.3, -0.25) is 19.1 Å². The molecule has 204 valence electrons. The third kappa shape index (κ3) is 6.93. The Morgan fingerprint density at radius 2 is 1.73 bits per heavy atom. The zero-order valence-electron chi connectivity index (χ0n) is 22.1. The fraction of sp³-hybridized carbons (Fsp3) is 0.667. The third-order valence-corrected chi connectivity index (χ3v) is 7.36. The van der Waals surface area contributed by atoms with E-state index in [1.54, 1.807) is 12.1 Å². The standard InChI is InChI=1S/C27H40N4O6/c1-3-36-23-16-21-22(17-24(23)37-4-2)29-27(34)31(26(21)33)18-19-6-8-20(9-7-19)25(32)28-10-5-11-30-12-14-35-15-13-30/h16-17,19-20H,3-15,18H2,1-2H3,(H,28,32)(H,29,34). The molecule has 10 heteroatoms. The van der Waals surface area contributed by atoms with Crippen molar-refractivity contribution in [1.29, 1.82) is 0 Å². The number of ether oxygens (including phenoxy) is 3. The first-order valence-electron chi connectivity index (χ1n) is 13.6. The summed E-state index contributed by atoms with van der Waals surface area (Å²) in [5.41, 5.74) is -0.320. The normalized spacial score (nSPS) is 20.6. The monoisotopic (exact) mass is 516 g/mol. The van der Waals surface area contributed by atoms with Crippen LogP contribution in [0.5, 0.6) is 11.5 Å². The lowest BCUT2D eigenvalue weighted by molar-refractivity contribution is -0.126. The van der Waals surface area contributed by atoms with E-state index in [-0.39, 0.29) is 23.3 Å². The van der Waals surface area contributed by atoms with E-state index >= 15 is 0 Å². The molecule has 2 heterocycles. The molecule has 2 aromatic rings. The molecule has 2 aliphatic rings. The van der Waals surface area contributed by atoms with Gasteiger partial charge in [-0.05, 0) is 64.5 Å². The molecule has 0 unspecified atom stereocenters. The number of nitrogens with zero attached hydrogens (tertiary/aromatic N) is 2. The summed E-state index contributed by atoms with van der Waals surface area (Å²) in [4.78, 5) is 43.9. The van der Waals surface area contributed by atoms with Crippen LogP contribution in [0, 0.1) is 11.8 Å². The van der Waals surface area contributed by atoms with E-state index in [9.17, 15) is 14.4 Å². The van der Waals surface area contributed by atoms with Crippen molar-refractivity contribution in [3.8, 4) is 11.5 Å². The SMILES string of the molecule is CCOc1cc2[nH]c(=O)n(CC3CCC(C(=O)NCCCN4CCOCC4)CC3)c(=O)c2cc1OCC. The molecule has 0 spiro atoms. The number of carbonyl (C=O) groups is 1. The van der Waals surface area contributed by atoms with E-state index in [2.05, 4.69) is 15.2 Å². The van der Waals surface area contributed by atoms with E-state index in [0.29, 0.717) is 48.7 Å². The predicted octanol–water partition coefficient (Wildman–Crippen LogP) is 2.13. The molecule has 1 aliphatic heterocycles. The number of aromatic amines is 1. The molecule has 1 aromatic heterocycles. The number of H-pyrrole nitrogens is 1. The molecule has 1 saturated carbocycles. The maximum absolute atomic E-state index is 13.3. The molecule has 0 atom stereocenters. The summed E-state index contributed by atoms with van der Waals surface area (Å²) in [5, 5.41) is 3.49. The van der Waals surface area contributed by atoms with Gasteiger partial charge in [-0.2, -0.15) is 0 Å². The lowest BCUT2D eigenvalue weighted by Crippen LogP contribution is -2.40. The van der Waals surface area contributed by atoms with Crippen molar-refractivity contribution < 1.29 is 19.0 Å². The van der Waals surface area contributed by atoms with Gasteiger partial charge < -0.3 is 24.5 Å². The average molecular weight is 517 g/mol. The minimum Gasteiger partial charge on any atom is -0.490 e. The van der Waals surface area contributed by atoms with Crippen LogP contribution >= 0.6 is 0 Å². The summed E-state index contributed by atoms with van der Waals surface area (Å²) in [6.07, 6.45) is 4.09. The second-order valence-electron chi connectivity index (χ2n) is 9.87. The zero-order chi connectivity index (χ0) is 26.2. The highest BCUT2D eigenvalue weighted by Gasteiger charge is 2.27. The third-order valence-electron chi connectivity index (χ3n) is 7.36. The Kier molecular flexibility index (Phi) is 9.62. The van der Waals surface area contributed by atoms with E-state index in [0.717, 1.165) is 65.0 Å². The molecule has 10 nitrogen and oxygen atoms in total. The summed E-state index contributed by atoms with van der Waals surface area (Å²) in [6.45, 7) is 10.1. The Morgan fingerprint density at radius 1 is 1.05 bits per heavy atom. The Morgan fingerprint density at radius 3 is 2.41 bits per heavy atom. The fourth-order valence-corrected chi connectivity index (χ4v) is 5.31. The highest BCUT2D eigenvalue weighted by atomic mass is 16.5. The molecule has 37 heavy (non-hydrogen) atoms. The van der Waals surface area contributed by atoms with Crippen molar-refractivity contribution in [3.63, 3.8) is 0 Å². The number of hydrogen-bond acceptors (Lipinski definition) is 7. The second-order valence-corrected chi connectivity index (χ2v) is 9.87. The largest absolute Gasteiger partial charge is 0.490 e. The molecule has 0 bridgehead atoms. The first-order valence-corrected chi connectivity index (χ1v) is 13.6. The van der Waals surface area contributed by atoms with Crippen LogP contribution in [-0.2, 0) is 16.1 Å². The average Bonchev–Trinajstić information content (AvgIpc) is 2.91. The molecule has 0 radical (unpaired) electrons. The molecular weight excluding hydrogens is 476 g/mol. The van der Waals surface area contributed by atoms with E-state index in [1.165, 1.54) is 4.57 Å². The van der Waals surface area contributed by atoms with Gasteiger partial charge in [-0.1, -0.05) is 0 Å². The maximum atomic E-state index is 13.3. The topological polar surface area (TPSA) is 115 Å². The summed E-state index contributed by atoms with van der Waals surface area (Å²) >= 11 is 0. The number of aromatic nitrogens is 2. The van der Waals surface area contributed by atoms with Gasteiger partial charge in [-0.25, -0.2) is 4.79 Å². The number of amides is 1. The van der Waals surface area contributed by atoms with Crippen molar-refractivity contribution in [2.45, 2.75) is 52.5 Å². The quantitative estimate of drug-likeness (QED) is 0.440. The van der Waals surface area contributed by atoms with Gasteiger partial charge in [-0.15, -0.1) is 0 Å². The first-order chi connectivity index (χ1) is 18.0. The summed E-state index contributed by atoms with van der Waals surface area (Å²) in [6, 6.07) is 3.31. The number of fused-ring (bicyclic) bond motifs is 1. The molecule has 4 rings (SSSR count). The van der Waals surface area contributed by atoms with Gasteiger partial charge in [0.25, 0.3) is 5.56 Å². The highest BCUT2D eigenvalue weighted by Crippen LogP contribution is 2.31.